The Morgan fingerprint density at radius 1 is 1.04 bits per heavy atom. The van der Waals surface area contributed by atoms with E-state index in [1.807, 2.05) is 49.4 Å². The van der Waals surface area contributed by atoms with Crippen molar-refractivity contribution in [3.63, 3.8) is 0 Å². The highest BCUT2D eigenvalue weighted by Gasteiger charge is 2.25. The number of amides is 1. The van der Waals surface area contributed by atoms with E-state index < -0.39 is 15.9 Å². The lowest BCUT2D eigenvalue weighted by molar-refractivity contribution is 0.1000. The minimum absolute atomic E-state index is 0.0742. The van der Waals surface area contributed by atoms with Crippen molar-refractivity contribution in [1.82, 2.24) is 4.31 Å². The van der Waals surface area contributed by atoms with E-state index >= 15 is 0 Å². The Hall–Kier alpha value is -2.48. The Kier molecular flexibility index (Phi) is 6.28. The number of hydrogen-bond donors (Lipinski definition) is 1. The molecule has 7 heteroatoms. The predicted octanol–water partition coefficient (Wildman–Crippen LogP) is 3.59. The maximum Gasteiger partial charge on any atom is 0.248 e. The number of carbonyl (C=O) groups excluding carboxylic acids is 1. The molecule has 0 aliphatic carbocycles. The average molecular weight is 415 g/mol. The lowest BCUT2D eigenvalue weighted by Crippen LogP contribution is -2.32. The summed E-state index contributed by atoms with van der Waals surface area (Å²) in [6, 6.07) is 19.6. The lowest BCUT2D eigenvalue weighted by atomic mass is 10.1. The minimum Gasteiger partial charge on any atom is -0.366 e. The van der Waals surface area contributed by atoms with Crippen LogP contribution in [0, 0.1) is 6.92 Å². The standard InChI is InChI=1S/C21H22N2O3S2/c1-16-10-11-19(27-16)15-23(13-12-17-6-3-2-4-7-17)28(25,26)20-9-5-8-18(14-20)21(22)24/h2-11,14H,12-13,15H2,1H3,(H2,22,24). The molecule has 0 aliphatic rings. The van der Waals surface area contributed by atoms with E-state index in [0.717, 1.165) is 15.3 Å². The van der Waals surface area contributed by atoms with Crippen LogP contribution in [-0.4, -0.2) is 25.2 Å². The van der Waals surface area contributed by atoms with Crippen LogP contribution >= 0.6 is 11.3 Å². The van der Waals surface area contributed by atoms with Gasteiger partial charge in [-0.3, -0.25) is 4.79 Å². The van der Waals surface area contributed by atoms with Gasteiger partial charge in [-0.05, 0) is 49.2 Å². The zero-order valence-electron chi connectivity index (χ0n) is 15.5. The monoisotopic (exact) mass is 414 g/mol. The van der Waals surface area contributed by atoms with Gasteiger partial charge in [0.1, 0.15) is 0 Å². The van der Waals surface area contributed by atoms with Gasteiger partial charge in [0.2, 0.25) is 15.9 Å². The molecule has 5 nitrogen and oxygen atoms in total. The van der Waals surface area contributed by atoms with Gasteiger partial charge >= 0.3 is 0 Å². The van der Waals surface area contributed by atoms with Crippen LogP contribution in [0.15, 0.2) is 71.6 Å². The molecule has 0 saturated carbocycles. The van der Waals surface area contributed by atoms with Crippen LogP contribution < -0.4 is 5.73 Å². The number of nitrogens with zero attached hydrogens (tertiary/aromatic N) is 1. The van der Waals surface area contributed by atoms with Crippen LogP contribution in [0.3, 0.4) is 0 Å². The maximum absolute atomic E-state index is 13.3. The summed E-state index contributed by atoms with van der Waals surface area (Å²) in [5.74, 6) is -0.651. The third-order valence-electron chi connectivity index (χ3n) is 4.38. The SMILES string of the molecule is Cc1ccc(CN(CCc2ccccc2)S(=O)(=O)c2cccc(C(N)=O)c2)s1. The van der Waals surface area contributed by atoms with Crippen LogP contribution in [0.25, 0.3) is 0 Å². The normalized spacial score (nSPS) is 11.6. The summed E-state index contributed by atoms with van der Waals surface area (Å²) in [6.45, 7) is 2.62. The summed E-state index contributed by atoms with van der Waals surface area (Å²) >= 11 is 1.58. The van der Waals surface area contributed by atoms with Gasteiger partial charge in [-0.1, -0.05) is 36.4 Å². The molecular weight excluding hydrogens is 392 g/mol. The summed E-state index contributed by atoms with van der Waals surface area (Å²) in [4.78, 5) is 13.6. The molecule has 0 fully saturated rings. The molecule has 3 aromatic rings. The second-order valence-electron chi connectivity index (χ2n) is 6.48. The number of nitrogens with two attached hydrogens (primary N) is 1. The van der Waals surface area contributed by atoms with Crippen molar-refractivity contribution in [2.24, 2.45) is 5.73 Å². The van der Waals surface area contributed by atoms with Crippen molar-refractivity contribution in [2.75, 3.05) is 6.54 Å². The van der Waals surface area contributed by atoms with E-state index in [4.69, 9.17) is 5.73 Å². The Labute approximate surface area is 169 Å². The highest BCUT2D eigenvalue weighted by Crippen LogP contribution is 2.23. The summed E-state index contributed by atoms with van der Waals surface area (Å²) < 4.78 is 28.1. The number of primary amides is 1. The third kappa shape index (κ3) is 4.86. The molecule has 2 N–H and O–H groups in total. The van der Waals surface area contributed by atoms with Crippen LogP contribution in [0.1, 0.15) is 25.7 Å². The molecule has 0 unspecified atom stereocenters. The molecule has 0 atom stereocenters. The van der Waals surface area contributed by atoms with Crippen molar-refractivity contribution in [1.29, 1.82) is 0 Å². The number of hydrogen-bond acceptors (Lipinski definition) is 4. The largest absolute Gasteiger partial charge is 0.366 e. The van der Waals surface area contributed by atoms with E-state index in [9.17, 15) is 13.2 Å². The van der Waals surface area contributed by atoms with Crippen molar-refractivity contribution in [2.45, 2.75) is 24.8 Å². The molecular formula is C21H22N2O3S2. The number of sulfonamides is 1. The second-order valence-corrected chi connectivity index (χ2v) is 9.79. The minimum atomic E-state index is -3.78. The topological polar surface area (TPSA) is 80.5 Å². The fourth-order valence-corrected chi connectivity index (χ4v) is 5.34. The molecule has 0 saturated heterocycles. The van der Waals surface area contributed by atoms with Crippen LogP contribution in [0.2, 0.25) is 0 Å². The first-order valence-electron chi connectivity index (χ1n) is 8.85. The van der Waals surface area contributed by atoms with Gasteiger partial charge in [-0.2, -0.15) is 4.31 Å². The summed E-state index contributed by atoms with van der Waals surface area (Å²) in [5, 5.41) is 0. The average Bonchev–Trinajstić information content (AvgIpc) is 3.10. The van der Waals surface area contributed by atoms with Crippen molar-refractivity contribution in [3.05, 3.63) is 87.6 Å². The number of thiophene rings is 1. The highest BCUT2D eigenvalue weighted by atomic mass is 32.2. The fraction of sp³-hybridized carbons (Fsp3) is 0.190. The van der Waals surface area contributed by atoms with Gasteiger partial charge in [-0.15, -0.1) is 11.3 Å². The van der Waals surface area contributed by atoms with Crippen molar-refractivity contribution >= 4 is 27.3 Å². The Balaban J connectivity index is 1.91. The molecule has 0 bridgehead atoms. The molecule has 28 heavy (non-hydrogen) atoms. The van der Waals surface area contributed by atoms with Crippen molar-refractivity contribution in [3.8, 4) is 0 Å². The summed E-state index contributed by atoms with van der Waals surface area (Å²) in [6.07, 6.45) is 0.597. The van der Waals surface area contributed by atoms with Gasteiger partial charge in [0.05, 0.1) is 4.90 Å². The Morgan fingerprint density at radius 3 is 2.43 bits per heavy atom. The smallest absolute Gasteiger partial charge is 0.248 e. The molecule has 3 rings (SSSR count). The number of benzene rings is 2. The van der Waals surface area contributed by atoms with E-state index in [-0.39, 0.29) is 17.0 Å². The van der Waals surface area contributed by atoms with E-state index in [2.05, 4.69) is 0 Å². The molecule has 146 valence electrons. The van der Waals surface area contributed by atoms with Gasteiger partial charge < -0.3 is 5.73 Å². The van der Waals surface area contributed by atoms with E-state index in [1.54, 1.807) is 11.3 Å². The molecule has 1 heterocycles. The maximum atomic E-state index is 13.3. The Bertz CT molecular complexity index is 1060. The first-order chi connectivity index (χ1) is 13.4. The van der Waals surface area contributed by atoms with E-state index in [1.165, 1.54) is 28.6 Å². The second kappa shape index (κ2) is 8.68. The molecule has 0 spiro atoms. The van der Waals surface area contributed by atoms with Crippen LogP contribution in [0.4, 0.5) is 0 Å². The van der Waals surface area contributed by atoms with Gasteiger partial charge in [0.25, 0.3) is 0 Å². The zero-order valence-corrected chi connectivity index (χ0v) is 17.2. The predicted molar refractivity (Wildman–Crippen MR) is 112 cm³/mol. The molecule has 2 aromatic carbocycles. The summed E-state index contributed by atoms with van der Waals surface area (Å²) in [5.41, 5.74) is 6.56. The van der Waals surface area contributed by atoms with Gasteiger partial charge in [-0.25, -0.2) is 8.42 Å². The third-order valence-corrected chi connectivity index (χ3v) is 7.20. The summed E-state index contributed by atoms with van der Waals surface area (Å²) in [7, 11) is -3.78. The van der Waals surface area contributed by atoms with Crippen LogP contribution in [0.5, 0.6) is 0 Å². The zero-order chi connectivity index (χ0) is 20.1. The van der Waals surface area contributed by atoms with E-state index in [0.29, 0.717) is 13.0 Å². The number of aryl methyl sites for hydroxylation is 1. The lowest BCUT2D eigenvalue weighted by Gasteiger charge is -2.22. The van der Waals surface area contributed by atoms with Crippen LogP contribution in [-0.2, 0) is 23.0 Å². The first kappa shape index (κ1) is 20.3. The quantitative estimate of drug-likeness (QED) is 0.612. The molecule has 0 aliphatic heterocycles. The Morgan fingerprint density at radius 2 is 1.79 bits per heavy atom. The highest BCUT2D eigenvalue weighted by molar-refractivity contribution is 7.89. The van der Waals surface area contributed by atoms with Crippen molar-refractivity contribution < 1.29 is 13.2 Å². The van der Waals surface area contributed by atoms with Gasteiger partial charge in [0.15, 0.2) is 0 Å². The number of carbonyl (C=O) groups is 1. The van der Waals surface area contributed by atoms with Gasteiger partial charge in [0, 0.05) is 28.4 Å². The fourth-order valence-electron chi connectivity index (χ4n) is 2.89. The molecule has 1 aromatic heterocycles. The molecule has 0 radical (unpaired) electrons. The first-order valence-corrected chi connectivity index (χ1v) is 11.1. The molecule has 1 amide bonds. The number of rotatable bonds is 8.